The minimum Gasteiger partial charge on any atom is -0.396 e. The zero-order chi connectivity index (χ0) is 9.84. The van der Waals surface area contributed by atoms with Crippen LogP contribution in [0.1, 0.15) is 30.4 Å². The standard InChI is InChI=1S/C10H12F2O/c1-7(6-13)8-3-2-4-9(5-8)10(11)12/h2-5,7,10,13H,6H2,1H3. The van der Waals surface area contributed by atoms with Crippen LogP contribution in [0.15, 0.2) is 24.3 Å². The molecule has 72 valence electrons. The van der Waals surface area contributed by atoms with Crippen LogP contribution in [-0.4, -0.2) is 11.7 Å². The second-order valence-electron chi connectivity index (χ2n) is 3.05. The molecule has 0 saturated carbocycles. The summed E-state index contributed by atoms with van der Waals surface area (Å²) in [6.07, 6.45) is -2.44. The molecule has 0 aliphatic carbocycles. The highest BCUT2D eigenvalue weighted by Crippen LogP contribution is 2.22. The SMILES string of the molecule is CC(CO)c1cccc(C(F)F)c1. The molecule has 0 fully saturated rings. The zero-order valence-corrected chi connectivity index (χ0v) is 7.37. The van der Waals surface area contributed by atoms with E-state index in [0.717, 1.165) is 5.56 Å². The maximum absolute atomic E-state index is 12.3. The quantitative estimate of drug-likeness (QED) is 0.769. The van der Waals surface area contributed by atoms with Crippen molar-refractivity contribution >= 4 is 0 Å². The minimum absolute atomic E-state index is 0.0119. The summed E-state index contributed by atoms with van der Waals surface area (Å²) >= 11 is 0. The minimum atomic E-state index is -2.44. The normalized spacial score (nSPS) is 13.3. The van der Waals surface area contributed by atoms with Crippen LogP contribution < -0.4 is 0 Å². The second-order valence-corrected chi connectivity index (χ2v) is 3.05. The summed E-state index contributed by atoms with van der Waals surface area (Å²) in [5.41, 5.74) is 0.762. The highest BCUT2D eigenvalue weighted by molar-refractivity contribution is 5.26. The van der Waals surface area contributed by atoms with Gasteiger partial charge < -0.3 is 5.11 Å². The Labute approximate surface area is 76.0 Å². The predicted octanol–water partition coefficient (Wildman–Crippen LogP) is 2.72. The Morgan fingerprint density at radius 3 is 2.46 bits per heavy atom. The van der Waals surface area contributed by atoms with Crippen LogP contribution in [0.5, 0.6) is 0 Å². The first-order valence-electron chi connectivity index (χ1n) is 4.14. The summed E-state index contributed by atoms with van der Waals surface area (Å²) in [7, 11) is 0. The van der Waals surface area contributed by atoms with Gasteiger partial charge in [-0.1, -0.05) is 25.1 Å². The fraction of sp³-hybridized carbons (Fsp3) is 0.400. The number of aliphatic hydroxyl groups excluding tert-OH is 1. The Morgan fingerprint density at radius 1 is 1.31 bits per heavy atom. The molecule has 0 radical (unpaired) electrons. The molecular formula is C10H12F2O. The summed E-state index contributed by atoms with van der Waals surface area (Å²) in [5, 5.41) is 8.83. The molecular weight excluding hydrogens is 174 g/mol. The van der Waals surface area contributed by atoms with Crippen molar-refractivity contribution in [2.24, 2.45) is 0 Å². The molecule has 0 bridgehead atoms. The zero-order valence-electron chi connectivity index (χ0n) is 7.37. The number of hydrogen-bond donors (Lipinski definition) is 1. The first-order valence-corrected chi connectivity index (χ1v) is 4.14. The molecule has 3 heteroatoms. The number of benzene rings is 1. The van der Waals surface area contributed by atoms with E-state index in [1.807, 2.05) is 0 Å². The van der Waals surface area contributed by atoms with Crippen LogP contribution in [0, 0.1) is 0 Å². The predicted molar refractivity (Wildman–Crippen MR) is 46.9 cm³/mol. The van der Waals surface area contributed by atoms with Crippen LogP contribution in [-0.2, 0) is 0 Å². The van der Waals surface area contributed by atoms with Crippen LogP contribution >= 0.6 is 0 Å². The lowest BCUT2D eigenvalue weighted by molar-refractivity contribution is 0.151. The summed E-state index contributed by atoms with van der Waals surface area (Å²) < 4.78 is 24.5. The smallest absolute Gasteiger partial charge is 0.263 e. The van der Waals surface area contributed by atoms with Gasteiger partial charge in [-0.15, -0.1) is 0 Å². The molecule has 13 heavy (non-hydrogen) atoms. The van der Waals surface area contributed by atoms with E-state index in [9.17, 15) is 8.78 Å². The summed E-state index contributed by atoms with van der Waals surface area (Å²) in [6.45, 7) is 1.78. The molecule has 0 amide bonds. The molecule has 1 atom stereocenters. The summed E-state index contributed by atoms with van der Waals surface area (Å²) in [4.78, 5) is 0. The highest BCUT2D eigenvalue weighted by atomic mass is 19.3. The van der Waals surface area contributed by atoms with Gasteiger partial charge in [0.2, 0.25) is 0 Å². The third-order valence-electron chi connectivity index (χ3n) is 2.01. The molecule has 0 saturated heterocycles. The average Bonchev–Trinajstić information content (AvgIpc) is 2.17. The van der Waals surface area contributed by atoms with Gasteiger partial charge in [0.25, 0.3) is 6.43 Å². The molecule has 0 aromatic heterocycles. The average molecular weight is 186 g/mol. The molecule has 1 aromatic rings. The van der Waals surface area contributed by atoms with E-state index < -0.39 is 6.43 Å². The first-order chi connectivity index (χ1) is 6.15. The van der Waals surface area contributed by atoms with E-state index in [1.165, 1.54) is 12.1 Å². The molecule has 1 aromatic carbocycles. The largest absolute Gasteiger partial charge is 0.396 e. The maximum Gasteiger partial charge on any atom is 0.263 e. The molecule has 0 aliphatic heterocycles. The molecule has 0 spiro atoms. The summed E-state index contributed by atoms with van der Waals surface area (Å²) in [6, 6.07) is 6.15. The second kappa shape index (κ2) is 4.33. The van der Waals surface area contributed by atoms with Gasteiger partial charge in [0.05, 0.1) is 0 Å². The molecule has 1 rings (SSSR count). The van der Waals surface area contributed by atoms with Gasteiger partial charge >= 0.3 is 0 Å². The third kappa shape index (κ3) is 2.49. The van der Waals surface area contributed by atoms with Gasteiger partial charge in [-0.25, -0.2) is 8.78 Å². The Bertz CT molecular complexity index is 273. The topological polar surface area (TPSA) is 20.2 Å². The number of hydrogen-bond acceptors (Lipinski definition) is 1. The van der Waals surface area contributed by atoms with Crippen molar-refractivity contribution < 1.29 is 13.9 Å². The van der Waals surface area contributed by atoms with Crippen molar-refractivity contribution in [1.82, 2.24) is 0 Å². The van der Waals surface area contributed by atoms with E-state index in [1.54, 1.807) is 19.1 Å². The highest BCUT2D eigenvalue weighted by Gasteiger charge is 2.09. The van der Waals surface area contributed by atoms with Gasteiger partial charge in [-0.3, -0.25) is 0 Å². The van der Waals surface area contributed by atoms with Crippen LogP contribution in [0.3, 0.4) is 0 Å². The first kappa shape index (κ1) is 10.1. The number of aliphatic hydroxyl groups is 1. The van der Waals surface area contributed by atoms with E-state index in [0.29, 0.717) is 0 Å². The van der Waals surface area contributed by atoms with E-state index >= 15 is 0 Å². The molecule has 1 unspecified atom stereocenters. The molecule has 0 aliphatic rings. The van der Waals surface area contributed by atoms with Crippen molar-refractivity contribution in [2.75, 3.05) is 6.61 Å². The monoisotopic (exact) mass is 186 g/mol. The summed E-state index contributed by atoms with van der Waals surface area (Å²) in [5.74, 6) is -0.0845. The van der Waals surface area contributed by atoms with E-state index in [2.05, 4.69) is 0 Å². The fourth-order valence-corrected chi connectivity index (χ4v) is 1.11. The van der Waals surface area contributed by atoms with Crippen LogP contribution in [0.25, 0.3) is 0 Å². The maximum atomic E-state index is 12.3. The number of rotatable bonds is 3. The van der Waals surface area contributed by atoms with E-state index in [-0.39, 0.29) is 18.1 Å². The third-order valence-corrected chi connectivity index (χ3v) is 2.01. The van der Waals surface area contributed by atoms with Gasteiger partial charge in [0.15, 0.2) is 0 Å². The van der Waals surface area contributed by atoms with Gasteiger partial charge in [-0.2, -0.15) is 0 Å². The Kier molecular flexibility index (Phi) is 3.37. The molecule has 1 nitrogen and oxygen atoms in total. The van der Waals surface area contributed by atoms with Crippen molar-refractivity contribution in [3.8, 4) is 0 Å². The lowest BCUT2D eigenvalue weighted by atomic mass is 10.0. The van der Waals surface area contributed by atoms with E-state index in [4.69, 9.17) is 5.11 Å². The van der Waals surface area contributed by atoms with Crippen LogP contribution in [0.2, 0.25) is 0 Å². The van der Waals surface area contributed by atoms with Gasteiger partial charge in [-0.05, 0) is 11.6 Å². The Morgan fingerprint density at radius 2 is 1.92 bits per heavy atom. The Hall–Kier alpha value is -0.960. The van der Waals surface area contributed by atoms with Crippen LogP contribution in [0.4, 0.5) is 8.78 Å². The molecule has 1 N–H and O–H groups in total. The van der Waals surface area contributed by atoms with Crippen molar-refractivity contribution in [3.05, 3.63) is 35.4 Å². The van der Waals surface area contributed by atoms with Crippen molar-refractivity contribution in [2.45, 2.75) is 19.3 Å². The number of alkyl halides is 2. The van der Waals surface area contributed by atoms with Gasteiger partial charge in [0, 0.05) is 18.1 Å². The van der Waals surface area contributed by atoms with Crippen molar-refractivity contribution in [1.29, 1.82) is 0 Å². The fourth-order valence-electron chi connectivity index (χ4n) is 1.11. The number of halogens is 2. The Balaban J connectivity index is 2.91. The van der Waals surface area contributed by atoms with Crippen molar-refractivity contribution in [3.63, 3.8) is 0 Å². The van der Waals surface area contributed by atoms with Gasteiger partial charge in [0.1, 0.15) is 0 Å². The lowest BCUT2D eigenvalue weighted by Gasteiger charge is -2.09. The molecule has 0 heterocycles. The lowest BCUT2D eigenvalue weighted by Crippen LogP contribution is -1.99.